The molecule has 3 heterocycles. The zero-order chi connectivity index (χ0) is 24.6. The number of hydrogen-bond donors (Lipinski definition) is 1. The summed E-state index contributed by atoms with van der Waals surface area (Å²) in [7, 11) is 1.69. The Labute approximate surface area is 220 Å². The van der Waals surface area contributed by atoms with Gasteiger partial charge in [0.25, 0.3) is 0 Å². The van der Waals surface area contributed by atoms with Crippen LogP contribution in [0.5, 0.6) is 5.75 Å². The summed E-state index contributed by atoms with van der Waals surface area (Å²) < 4.78 is 6.60. The van der Waals surface area contributed by atoms with Crippen LogP contribution in [0.1, 0.15) is 37.7 Å². The van der Waals surface area contributed by atoms with Crippen molar-refractivity contribution in [2.24, 2.45) is 11.8 Å². The number of halogens is 1. The number of pyridine rings is 1. The molecule has 188 valence electrons. The summed E-state index contributed by atoms with van der Waals surface area (Å²) in [6, 6.07) is 10.1. The molecule has 1 saturated heterocycles. The number of hydrogen-bond acceptors (Lipinski definition) is 6. The SMILES string of the molecule is COc1ccc2nccc(CCC[C@@H]3CCN(CCSc4sccc4Cl)C[C@@H]3CCC(=O)O)c2c1. The average Bonchev–Trinajstić information content (AvgIpc) is 3.28. The molecule has 0 saturated carbocycles. The molecule has 0 aliphatic carbocycles. The van der Waals surface area contributed by atoms with Crippen LogP contribution in [-0.4, -0.2) is 53.5 Å². The van der Waals surface area contributed by atoms with E-state index < -0.39 is 5.97 Å². The van der Waals surface area contributed by atoms with Crippen LogP contribution in [0.15, 0.2) is 46.1 Å². The van der Waals surface area contributed by atoms with Crippen molar-refractivity contribution >= 4 is 51.6 Å². The highest BCUT2D eigenvalue weighted by atomic mass is 35.5. The predicted octanol–water partition coefficient (Wildman–Crippen LogP) is 6.88. The van der Waals surface area contributed by atoms with Crippen molar-refractivity contribution < 1.29 is 14.6 Å². The van der Waals surface area contributed by atoms with E-state index in [0.717, 1.165) is 79.2 Å². The van der Waals surface area contributed by atoms with E-state index in [9.17, 15) is 9.90 Å². The van der Waals surface area contributed by atoms with Crippen molar-refractivity contribution in [1.29, 1.82) is 0 Å². The number of rotatable bonds is 12. The fourth-order valence-corrected chi connectivity index (χ4v) is 7.48. The van der Waals surface area contributed by atoms with Gasteiger partial charge in [0.2, 0.25) is 0 Å². The number of thiophene rings is 1. The summed E-state index contributed by atoms with van der Waals surface area (Å²) in [5.41, 5.74) is 2.30. The molecular formula is C27H33ClN2O3S2. The molecule has 4 rings (SSSR count). The monoisotopic (exact) mass is 532 g/mol. The summed E-state index contributed by atoms with van der Waals surface area (Å²) in [6.07, 6.45) is 7.26. The predicted molar refractivity (Wildman–Crippen MR) is 146 cm³/mol. The summed E-state index contributed by atoms with van der Waals surface area (Å²) in [5, 5.41) is 13.3. The molecule has 0 unspecified atom stereocenters. The number of carboxylic acids is 1. The minimum Gasteiger partial charge on any atom is -0.497 e. The summed E-state index contributed by atoms with van der Waals surface area (Å²) >= 11 is 9.74. The number of aryl methyl sites for hydroxylation is 1. The van der Waals surface area contributed by atoms with Crippen molar-refractivity contribution in [3.63, 3.8) is 0 Å². The van der Waals surface area contributed by atoms with Gasteiger partial charge in [0.05, 0.1) is 21.9 Å². The largest absolute Gasteiger partial charge is 0.497 e. The topological polar surface area (TPSA) is 62.7 Å². The third kappa shape index (κ3) is 7.35. The Morgan fingerprint density at radius 3 is 2.94 bits per heavy atom. The summed E-state index contributed by atoms with van der Waals surface area (Å²) in [4.78, 5) is 18.3. The third-order valence-electron chi connectivity index (χ3n) is 6.99. The van der Waals surface area contributed by atoms with Gasteiger partial charge in [-0.05, 0) is 91.8 Å². The lowest BCUT2D eigenvalue weighted by molar-refractivity contribution is -0.137. The molecule has 2 aromatic heterocycles. The number of nitrogens with zero attached hydrogens (tertiary/aromatic N) is 2. The second-order valence-electron chi connectivity index (χ2n) is 9.19. The van der Waals surface area contributed by atoms with Gasteiger partial charge >= 0.3 is 5.97 Å². The minimum atomic E-state index is -0.694. The van der Waals surface area contributed by atoms with Crippen molar-refractivity contribution in [3.05, 3.63) is 52.5 Å². The Balaban J connectivity index is 1.32. The molecule has 2 atom stereocenters. The van der Waals surface area contributed by atoms with E-state index in [2.05, 4.69) is 22.0 Å². The lowest BCUT2D eigenvalue weighted by Crippen LogP contribution is -2.41. The van der Waals surface area contributed by atoms with Crippen molar-refractivity contribution in [3.8, 4) is 5.75 Å². The number of benzene rings is 1. The molecule has 5 nitrogen and oxygen atoms in total. The Morgan fingerprint density at radius 2 is 2.17 bits per heavy atom. The number of aliphatic carboxylic acids is 1. The second kappa shape index (κ2) is 12.9. The van der Waals surface area contributed by atoms with Crippen LogP contribution in [0.3, 0.4) is 0 Å². The van der Waals surface area contributed by atoms with E-state index in [1.165, 1.54) is 9.77 Å². The molecule has 1 aliphatic heterocycles. The fraction of sp³-hybridized carbons (Fsp3) is 0.481. The van der Waals surface area contributed by atoms with Gasteiger partial charge in [-0.15, -0.1) is 23.1 Å². The number of thioether (sulfide) groups is 1. The molecule has 35 heavy (non-hydrogen) atoms. The number of piperidine rings is 1. The van der Waals surface area contributed by atoms with E-state index in [1.807, 2.05) is 41.5 Å². The molecular weight excluding hydrogens is 500 g/mol. The first-order valence-corrected chi connectivity index (χ1v) is 14.5. The van der Waals surface area contributed by atoms with Crippen molar-refractivity contribution in [2.75, 3.05) is 32.5 Å². The number of ether oxygens (including phenoxy) is 1. The Morgan fingerprint density at radius 1 is 1.29 bits per heavy atom. The molecule has 1 aromatic carbocycles. The number of fused-ring (bicyclic) bond motifs is 1. The maximum absolute atomic E-state index is 11.3. The number of carbonyl (C=O) groups is 1. The zero-order valence-corrected chi connectivity index (χ0v) is 22.5. The molecule has 0 spiro atoms. The molecule has 0 radical (unpaired) electrons. The van der Waals surface area contributed by atoms with E-state index in [0.29, 0.717) is 11.8 Å². The molecule has 0 bridgehead atoms. The highest BCUT2D eigenvalue weighted by molar-refractivity contribution is 8.01. The molecule has 8 heteroatoms. The first-order valence-electron chi connectivity index (χ1n) is 12.2. The maximum Gasteiger partial charge on any atom is 0.303 e. The van der Waals surface area contributed by atoms with Gasteiger partial charge < -0.3 is 14.7 Å². The first-order chi connectivity index (χ1) is 17.0. The van der Waals surface area contributed by atoms with E-state index in [1.54, 1.807) is 18.4 Å². The van der Waals surface area contributed by atoms with Gasteiger partial charge in [-0.25, -0.2) is 0 Å². The van der Waals surface area contributed by atoms with Crippen molar-refractivity contribution in [2.45, 2.75) is 42.7 Å². The Bertz CT molecular complexity index is 1120. The highest BCUT2D eigenvalue weighted by Gasteiger charge is 2.29. The molecule has 0 amide bonds. The maximum atomic E-state index is 11.3. The van der Waals surface area contributed by atoms with Crippen LogP contribution in [0.4, 0.5) is 0 Å². The van der Waals surface area contributed by atoms with Crippen LogP contribution < -0.4 is 4.74 Å². The lowest BCUT2D eigenvalue weighted by atomic mass is 9.79. The molecule has 1 fully saturated rings. The van der Waals surface area contributed by atoms with Crippen molar-refractivity contribution in [1.82, 2.24) is 9.88 Å². The second-order valence-corrected chi connectivity index (χ2v) is 11.9. The van der Waals surface area contributed by atoms with Crippen LogP contribution in [0.25, 0.3) is 10.9 Å². The number of methoxy groups -OCH3 is 1. The fourth-order valence-electron chi connectivity index (χ4n) is 5.11. The zero-order valence-electron chi connectivity index (χ0n) is 20.1. The van der Waals surface area contributed by atoms with Crippen LogP contribution >= 0.6 is 34.7 Å². The number of likely N-dealkylation sites (tertiary alicyclic amines) is 1. The van der Waals surface area contributed by atoms with Crippen LogP contribution in [-0.2, 0) is 11.2 Å². The van der Waals surface area contributed by atoms with E-state index >= 15 is 0 Å². The van der Waals surface area contributed by atoms with Gasteiger partial charge in [-0.1, -0.05) is 11.6 Å². The van der Waals surface area contributed by atoms with E-state index in [4.69, 9.17) is 16.3 Å². The van der Waals surface area contributed by atoms with Gasteiger partial charge in [0.1, 0.15) is 5.75 Å². The molecule has 1 N–H and O–H groups in total. The smallest absolute Gasteiger partial charge is 0.303 e. The number of aromatic nitrogens is 1. The van der Waals surface area contributed by atoms with Crippen LogP contribution in [0.2, 0.25) is 5.02 Å². The lowest BCUT2D eigenvalue weighted by Gasteiger charge is -2.39. The normalized spacial score (nSPS) is 18.7. The third-order valence-corrected chi connectivity index (χ3v) is 9.75. The van der Waals surface area contributed by atoms with Gasteiger partial charge in [-0.2, -0.15) is 0 Å². The minimum absolute atomic E-state index is 0.253. The first kappa shape index (κ1) is 26.3. The standard InChI is InChI=1S/C27H33ClN2O3S2/c1-33-22-6-7-25-23(17-22)20(9-12-29-25)4-2-3-19-10-13-30(18-21(19)5-8-26(31)32)14-16-35-27-24(28)11-15-34-27/h6-7,9,11-12,15,17,19,21H,2-5,8,10,13-14,16,18H2,1H3,(H,31,32)/t19-,21+/m1/s1. The van der Waals surface area contributed by atoms with E-state index in [-0.39, 0.29) is 6.42 Å². The Hall–Kier alpha value is -1.80. The average molecular weight is 533 g/mol. The number of carboxylic acid groups (broad SMARTS) is 1. The molecule has 3 aromatic rings. The summed E-state index contributed by atoms with van der Waals surface area (Å²) in [6.45, 7) is 3.09. The highest BCUT2D eigenvalue weighted by Crippen LogP contribution is 2.34. The van der Waals surface area contributed by atoms with Crippen LogP contribution in [0, 0.1) is 11.8 Å². The van der Waals surface area contributed by atoms with Gasteiger partial charge in [-0.3, -0.25) is 9.78 Å². The Kier molecular flexibility index (Phi) is 9.72. The molecule has 1 aliphatic rings. The van der Waals surface area contributed by atoms with Gasteiger partial charge in [0.15, 0.2) is 0 Å². The van der Waals surface area contributed by atoms with Gasteiger partial charge in [0, 0.05) is 36.8 Å². The quantitative estimate of drug-likeness (QED) is 0.257. The summed E-state index contributed by atoms with van der Waals surface area (Å²) in [5.74, 6) is 2.18.